The SMILES string of the molecule is COc1ccc(-n2c(SCc3cccc(C(=O)N4CCN(C)CC4)c3)nnc2-c2ccco2)cc1. The van der Waals surface area contributed by atoms with Gasteiger partial charge in [0.15, 0.2) is 10.9 Å². The molecule has 0 atom stereocenters. The van der Waals surface area contributed by atoms with Crippen LogP contribution in [0, 0.1) is 0 Å². The molecule has 9 heteroatoms. The molecule has 1 amide bonds. The number of carbonyl (C=O) groups excluding carboxylic acids is 1. The second kappa shape index (κ2) is 10.4. The Kier molecular flexibility index (Phi) is 6.87. The first-order valence-electron chi connectivity index (χ1n) is 11.5. The van der Waals surface area contributed by atoms with Gasteiger partial charge in [0.25, 0.3) is 5.91 Å². The molecule has 2 aromatic carbocycles. The van der Waals surface area contributed by atoms with Crippen LogP contribution < -0.4 is 4.74 Å². The van der Waals surface area contributed by atoms with Gasteiger partial charge in [-0.25, -0.2) is 0 Å². The number of ether oxygens (including phenoxy) is 1. The number of aromatic nitrogens is 3. The molecule has 2 aromatic heterocycles. The first-order valence-corrected chi connectivity index (χ1v) is 12.4. The highest BCUT2D eigenvalue weighted by molar-refractivity contribution is 7.98. The van der Waals surface area contributed by atoms with Crippen molar-refractivity contribution < 1.29 is 13.9 Å². The van der Waals surface area contributed by atoms with Crippen LogP contribution in [-0.4, -0.2) is 70.8 Å². The first kappa shape index (κ1) is 23.2. The number of benzene rings is 2. The molecular weight excluding hydrogens is 462 g/mol. The van der Waals surface area contributed by atoms with Gasteiger partial charge < -0.3 is 19.0 Å². The van der Waals surface area contributed by atoms with E-state index < -0.39 is 0 Å². The molecule has 0 spiro atoms. The van der Waals surface area contributed by atoms with Crippen molar-refractivity contribution in [1.82, 2.24) is 24.6 Å². The molecule has 1 saturated heterocycles. The van der Waals surface area contributed by atoms with E-state index in [9.17, 15) is 4.79 Å². The molecule has 1 fully saturated rings. The zero-order valence-electron chi connectivity index (χ0n) is 19.8. The number of methoxy groups -OCH3 is 1. The van der Waals surface area contributed by atoms with Crippen molar-refractivity contribution >= 4 is 17.7 Å². The van der Waals surface area contributed by atoms with Gasteiger partial charge in [-0.3, -0.25) is 9.36 Å². The Morgan fingerprint density at radius 3 is 2.54 bits per heavy atom. The summed E-state index contributed by atoms with van der Waals surface area (Å²) in [6.45, 7) is 3.32. The van der Waals surface area contributed by atoms with Crippen LogP contribution in [0.15, 0.2) is 76.5 Å². The third-order valence-corrected chi connectivity index (χ3v) is 7.04. The number of nitrogens with zero attached hydrogens (tertiary/aromatic N) is 5. The lowest BCUT2D eigenvalue weighted by atomic mass is 10.1. The molecule has 0 bridgehead atoms. The smallest absolute Gasteiger partial charge is 0.253 e. The maximum atomic E-state index is 13.0. The quantitative estimate of drug-likeness (QED) is 0.360. The van der Waals surface area contributed by atoms with Gasteiger partial charge >= 0.3 is 0 Å². The fourth-order valence-corrected chi connectivity index (χ4v) is 4.92. The topological polar surface area (TPSA) is 76.6 Å². The molecule has 0 unspecified atom stereocenters. The summed E-state index contributed by atoms with van der Waals surface area (Å²) in [6.07, 6.45) is 1.62. The highest BCUT2D eigenvalue weighted by Gasteiger charge is 2.21. The van der Waals surface area contributed by atoms with E-state index in [-0.39, 0.29) is 5.91 Å². The van der Waals surface area contributed by atoms with Crippen LogP contribution in [-0.2, 0) is 5.75 Å². The zero-order chi connectivity index (χ0) is 24.2. The molecule has 0 radical (unpaired) electrons. The van der Waals surface area contributed by atoms with Gasteiger partial charge in [0.2, 0.25) is 5.82 Å². The van der Waals surface area contributed by atoms with Crippen molar-refractivity contribution in [3.8, 4) is 23.0 Å². The number of piperazine rings is 1. The minimum absolute atomic E-state index is 0.0893. The van der Waals surface area contributed by atoms with Gasteiger partial charge in [-0.05, 0) is 61.1 Å². The largest absolute Gasteiger partial charge is 0.497 e. The second-order valence-corrected chi connectivity index (χ2v) is 9.34. The Bertz CT molecular complexity index is 1280. The predicted molar refractivity (Wildman–Crippen MR) is 135 cm³/mol. The molecule has 35 heavy (non-hydrogen) atoms. The van der Waals surface area contributed by atoms with E-state index >= 15 is 0 Å². The average Bonchev–Trinajstić information content (AvgIpc) is 3.58. The lowest BCUT2D eigenvalue weighted by Gasteiger charge is -2.32. The first-order chi connectivity index (χ1) is 17.1. The van der Waals surface area contributed by atoms with Gasteiger partial charge in [0.05, 0.1) is 19.1 Å². The number of hydrogen-bond donors (Lipinski definition) is 0. The van der Waals surface area contributed by atoms with Crippen LogP contribution >= 0.6 is 11.8 Å². The minimum atomic E-state index is 0.0893. The number of hydrogen-bond acceptors (Lipinski definition) is 7. The highest BCUT2D eigenvalue weighted by Crippen LogP contribution is 2.31. The number of rotatable bonds is 7. The van der Waals surface area contributed by atoms with Crippen molar-refractivity contribution in [3.05, 3.63) is 78.1 Å². The summed E-state index contributed by atoms with van der Waals surface area (Å²) in [5.41, 5.74) is 2.68. The van der Waals surface area contributed by atoms with E-state index in [4.69, 9.17) is 9.15 Å². The summed E-state index contributed by atoms with van der Waals surface area (Å²) in [7, 11) is 3.73. The third kappa shape index (κ3) is 5.11. The molecule has 1 aliphatic heterocycles. The minimum Gasteiger partial charge on any atom is -0.497 e. The fraction of sp³-hybridized carbons (Fsp3) is 0.269. The lowest BCUT2D eigenvalue weighted by Crippen LogP contribution is -2.47. The standard InChI is InChI=1S/C26H27N5O3S/c1-29-12-14-30(15-13-29)25(32)20-6-3-5-19(17-20)18-35-26-28-27-24(23-7-4-16-34-23)31(26)21-8-10-22(33-2)11-9-21/h3-11,16-17H,12-15,18H2,1-2H3. The maximum absolute atomic E-state index is 13.0. The Hall–Kier alpha value is -3.56. The number of carbonyl (C=O) groups is 1. The molecular formula is C26H27N5O3S. The Labute approximate surface area is 208 Å². The number of thioether (sulfide) groups is 1. The van der Waals surface area contributed by atoms with Crippen LogP contribution in [0.1, 0.15) is 15.9 Å². The van der Waals surface area contributed by atoms with Gasteiger partial charge in [-0.2, -0.15) is 0 Å². The summed E-state index contributed by atoms with van der Waals surface area (Å²) in [6, 6.07) is 19.3. The Morgan fingerprint density at radius 2 is 1.83 bits per heavy atom. The van der Waals surface area contributed by atoms with E-state index in [1.54, 1.807) is 25.1 Å². The van der Waals surface area contributed by atoms with Crippen LogP contribution in [0.5, 0.6) is 5.75 Å². The van der Waals surface area contributed by atoms with Crippen molar-refractivity contribution in [2.75, 3.05) is 40.3 Å². The van der Waals surface area contributed by atoms with E-state index in [1.165, 1.54) is 0 Å². The molecule has 4 aromatic rings. The molecule has 0 saturated carbocycles. The van der Waals surface area contributed by atoms with Crippen molar-refractivity contribution in [2.24, 2.45) is 0 Å². The summed E-state index contributed by atoms with van der Waals surface area (Å²) in [5, 5.41) is 9.59. The fourth-order valence-electron chi connectivity index (χ4n) is 4.03. The third-order valence-electron chi connectivity index (χ3n) is 6.04. The van der Waals surface area contributed by atoms with E-state index in [0.29, 0.717) is 17.3 Å². The molecule has 5 rings (SSSR count). The normalized spacial score (nSPS) is 14.3. The molecule has 1 aliphatic rings. The maximum Gasteiger partial charge on any atom is 0.253 e. The number of likely N-dealkylation sites (N-methyl/N-ethyl adjacent to an activating group) is 1. The summed E-state index contributed by atoms with van der Waals surface area (Å²) >= 11 is 1.56. The van der Waals surface area contributed by atoms with Crippen molar-refractivity contribution in [3.63, 3.8) is 0 Å². The van der Waals surface area contributed by atoms with E-state index in [0.717, 1.165) is 53.9 Å². The molecule has 180 valence electrons. The summed E-state index contributed by atoms with van der Waals surface area (Å²) in [4.78, 5) is 17.2. The van der Waals surface area contributed by atoms with Crippen LogP contribution in [0.3, 0.4) is 0 Å². The summed E-state index contributed by atoms with van der Waals surface area (Å²) in [5.74, 6) is 2.78. The van der Waals surface area contributed by atoms with E-state index in [2.05, 4.69) is 22.1 Å². The molecule has 3 heterocycles. The monoisotopic (exact) mass is 489 g/mol. The van der Waals surface area contributed by atoms with Crippen LogP contribution in [0.25, 0.3) is 17.3 Å². The highest BCUT2D eigenvalue weighted by atomic mass is 32.2. The molecule has 8 nitrogen and oxygen atoms in total. The Morgan fingerprint density at radius 1 is 1.03 bits per heavy atom. The summed E-state index contributed by atoms with van der Waals surface area (Å²) < 4.78 is 12.9. The predicted octanol–water partition coefficient (Wildman–Crippen LogP) is 4.22. The number of amides is 1. The molecule has 0 aliphatic carbocycles. The van der Waals surface area contributed by atoms with Gasteiger partial charge in [-0.15, -0.1) is 10.2 Å². The van der Waals surface area contributed by atoms with E-state index in [1.807, 2.05) is 70.1 Å². The van der Waals surface area contributed by atoms with Crippen molar-refractivity contribution in [2.45, 2.75) is 10.9 Å². The number of furan rings is 1. The zero-order valence-corrected chi connectivity index (χ0v) is 20.6. The average molecular weight is 490 g/mol. The molecule has 0 N–H and O–H groups in total. The van der Waals surface area contributed by atoms with Gasteiger partial charge in [0, 0.05) is 37.5 Å². The second-order valence-electron chi connectivity index (χ2n) is 8.40. The Balaban J connectivity index is 1.37. The van der Waals surface area contributed by atoms with Crippen LogP contribution in [0.2, 0.25) is 0 Å². The van der Waals surface area contributed by atoms with Gasteiger partial charge in [0.1, 0.15) is 5.75 Å². The lowest BCUT2D eigenvalue weighted by molar-refractivity contribution is 0.0664. The van der Waals surface area contributed by atoms with Crippen molar-refractivity contribution in [1.29, 1.82) is 0 Å². The van der Waals surface area contributed by atoms with Gasteiger partial charge in [-0.1, -0.05) is 23.9 Å². The van der Waals surface area contributed by atoms with Crippen LogP contribution in [0.4, 0.5) is 0 Å².